The van der Waals surface area contributed by atoms with Gasteiger partial charge in [0, 0.05) is 25.3 Å². The summed E-state index contributed by atoms with van der Waals surface area (Å²) in [6.45, 7) is -0.278. The zero-order valence-corrected chi connectivity index (χ0v) is 18.4. The molecule has 0 atom stereocenters. The monoisotopic (exact) mass is 453 g/mol. The van der Waals surface area contributed by atoms with Crippen LogP contribution in [-0.2, 0) is 14.8 Å². The van der Waals surface area contributed by atoms with Crippen LogP contribution in [0.15, 0.2) is 83.8 Å². The lowest BCUT2D eigenvalue weighted by Gasteiger charge is -2.19. The Morgan fingerprint density at radius 3 is 2.28 bits per heavy atom. The van der Waals surface area contributed by atoms with Gasteiger partial charge in [0.1, 0.15) is 5.75 Å². The zero-order valence-electron chi connectivity index (χ0n) is 17.6. The lowest BCUT2D eigenvalue weighted by atomic mass is 10.2. The molecule has 3 aromatic carbocycles. The van der Waals surface area contributed by atoms with Gasteiger partial charge in [-0.1, -0.05) is 24.3 Å². The van der Waals surface area contributed by atoms with E-state index in [-0.39, 0.29) is 17.4 Å². The van der Waals surface area contributed by atoms with E-state index in [0.29, 0.717) is 22.7 Å². The summed E-state index contributed by atoms with van der Waals surface area (Å²) < 4.78 is 32.5. The average Bonchev–Trinajstić information content (AvgIpc) is 2.82. The minimum Gasteiger partial charge on any atom is -0.484 e. The van der Waals surface area contributed by atoms with Gasteiger partial charge in [0.05, 0.1) is 10.6 Å². The molecule has 0 aliphatic heterocycles. The largest absolute Gasteiger partial charge is 0.484 e. The van der Waals surface area contributed by atoms with Crippen molar-refractivity contribution in [3.05, 3.63) is 84.4 Å². The Hall–Kier alpha value is -3.85. The molecular formula is C23H23N3O5S. The second-order valence-corrected chi connectivity index (χ2v) is 8.75. The van der Waals surface area contributed by atoms with Crippen LogP contribution >= 0.6 is 0 Å². The van der Waals surface area contributed by atoms with Crippen molar-refractivity contribution in [1.29, 1.82) is 0 Å². The van der Waals surface area contributed by atoms with Crippen molar-refractivity contribution >= 4 is 33.2 Å². The summed E-state index contributed by atoms with van der Waals surface area (Å²) in [5.41, 5.74) is 1.33. The van der Waals surface area contributed by atoms with Gasteiger partial charge in [-0.05, 0) is 54.6 Å². The minimum atomic E-state index is -3.80. The highest BCUT2D eigenvalue weighted by Crippen LogP contribution is 2.23. The number of nitrogens with one attached hydrogen (secondary N) is 2. The van der Waals surface area contributed by atoms with Crippen molar-refractivity contribution in [2.45, 2.75) is 4.90 Å². The Morgan fingerprint density at radius 2 is 1.62 bits per heavy atom. The maximum atomic E-state index is 12.9. The average molecular weight is 454 g/mol. The highest BCUT2D eigenvalue weighted by Gasteiger charge is 2.21. The summed E-state index contributed by atoms with van der Waals surface area (Å²) in [4.78, 5) is 23.9. The van der Waals surface area contributed by atoms with E-state index >= 15 is 0 Å². The molecule has 0 aliphatic rings. The molecule has 0 aliphatic carbocycles. The molecule has 0 unspecified atom stereocenters. The van der Waals surface area contributed by atoms with Gasteiger partial charge in [-0.15, -0.1) is 0 Å². The predicted octanol–water partition coefficient (Wildman–Crippen LogP) is 2.89. The van der Waals surface area contributed by atoms with E-state index in [1.165, 1.54) is 30.5 Å². The Kier molecular flexibility index (Phi) is 7.11. The summed E-state index contributed by atoms with van der Waals surface area (Å²) in [6, 6.07) is 21.1. The molecule has 9 heteroatoms. The van der Waals surface area contributed by atoms with Gasteiger partial charge in [-0.2, -0.15) is 0 Å². The Bertz CT molecular complexity index is 1200. The fraction of sp³-hybridized carbons (Fsp3) is 0.130. The van der Waals surface area contributed by atoms with Crippen LogP contribution in [0, 0.1) is 0 Å². The van der Waals surface area contributed by atoms with Crippen LogP contribution in [0.2, 0.25) is 0 Å². The molecule has 0 fully saturated rings. The van der Waals surface area contributed by atoms with Crippen LogP contribution < -0.4 is 19.7 Å². The maximum Gasteiger partial charge on any atom is 0.264 e. The third-order valence-corrected chi connectivity index (χ3v) is 6.39. The van der Waals surface area contributed by atoms with Gasteiger partial charge < -0.3 is 15.4 Å². The molecule has 0 spiro atoms. The Labute approximate surface area is 186 Å². The first kappa shape index (κ1) is 22.8. The number of sulfonamides is 1. The number of benzene rings is 3. The standard InChI is InChI=1S/C23H23N3O5S/c1-24-23(28)17-11-13-20(14-12-17)31-16-22(27)25-18-7-6-10-21(15-18)32(29,30)26(2)19-8-4-3-5-9-19/h3-15H,16H2,1-2H3,(H,24,28)(H,25,27). The summed E-state index contributed by atoms with van der Waals surface area (Å²) >= 11 is 0. The Balaban J connectivity index is 1.64. The lowest BCUT2D eigenvalue weighted by Crippen LogP contribution is -2.26. The van der Waals surface area contributed by atoms with Crippen molar-refractivity contribution in [2.24, 2.45) is 0 Å². The zero-order chi connectivity index (χ0) is 23.1. The number of hydrogen-bond acceptors (Lipinski definition) is 5. The molecule has 3 rings (SSSR count). The van der Waals surface area contributed by atoms with Gasteiger partial charge in [0.25, 0.3) is 21.8 Å². The van der Waals surface area contributed by atoms with Crippen LogP contribution in [0.5, 0.6) is 5.75 Å². The predicted molar refractivity (Wildman–Crippen MR) is 122 cm³/mol. The number of nitrogens with zero attached hydrogens (tertiary/aromatic N) is 1. The molecule has 3 aromatic rings. The van der Waals surface area contributed by atoms with Crippen LogP contribution in [0.3, 0.4) is 0 Å². The normalized spacial score (nSPS) is 10.8. The third-order valence-electron chi connectivity index (χ3n) is 4.61. The summed E-state index contributed by atoms with van der Waals surface area (Å²) in [6.07, 6.45) is 0. The van der Waals surface area contributed by atoms with Crippen LogP contribution in [0.25, 0.3) is 0 Å². The fourth-order valence-electron chi connectivity index (χ4n) is 2.86. The number of para-hydroxylation sites is 1. The first-order valence-electron chi connectivity index (χ1n) is 9.70. The number of carbonyl (C=O) groups is 2. The molecule has 8 nitrogen and oxygen atoms in total. The summed E-state index contributed by atoms with van der Waals surface area (Å²) in [5.74, 6) is -0.248. The SMILES string of the molecule is CNC(=O)c1ccc(OCC(=O)Nc2cccc(S(=O)(=O)N(C)c3ccccc3)c2)cc1. The van der Waals surface area contributed by atoms with Gasteiger partial charge in [-0.25, -0.2) is 8.42 Å². The van der Waals surface area contributed by atoms with Gasteiger partial charge >= 0.3 is 0 Å². The maximum absolute atomic E-state index is 12.9. The molecule has 166 valence electrons. The van der Waals surface area contributed by atoms with Gasteiger partial charge in [-0.3, -0.25) is 13.9 Å². The highest BCUT2D eigenvalue weighted by atomic mass is 32.2. The number of rotatable bonds is 8. The second-order valence-electron chi connectivity index (χ2n) is 6.78. The molecule has 0 bridgehead atoms. The van der Waals surface area contributed by atoms with Crippen molar-refractivity contribution < 1.29 is 22.7 Å². The van der Waals surface area contributed by atoms with E-state index in [9.17, 15) is 18.0 Å². The highest BCUT2D eigenvalue weighted by molar-refractivity contribution is 7.92. The quantitative estimate of drug-likeness (QED) is 0.546. The van der Waals surface area contributed by atoms with E-state index in [1.54, 1.807) is 66.7 Å². The summed E-state index contributed by atoms with van der Waals surface area (Å²) in [5, 5.41) is 5.15. The van der Waals surface area contributed by atoms with E-state index in [0.717, 1.165) is 0 Å². The lowest BCUT2D eigenvalue weighted by molar-refractivity contribution is -0.118. The number of amides is 2. The second kappa shape index (κ2) is 9.97. The smallest absolute Gasteiger partial charge is 0.264 e. The van der Waals surface area contributed by atoms with Gasteiger partial charge in [0.15, 0.2) is 6.61 Å². The molecule has 2 N–H and O–H groups in total. The first-order valence-corrected chi connectivity index (χ1v) is 11.1. The van der Waals surface area contributed by atoms with E-state index < -0.39 is 15.9 Å². The number of anilines is 2. The van der Waals surface area contributed by atoms with Crippen LogP contribution in [-0.4, -0.2) is 40.9 Å². The summed E-state index contributed by atoms with van der Waals surface area (Å²) in [7, 11) is -0.791. The number of ether oxygens (including phenoxy) is 1. The third kappa shape index (κ3) is 5.44. The Morgan fingerprint density at radius 1 is 0.938 bits per heavy atom. The van der Waals surface area contributed by atoms with Crippen molar-refractivity contribution in [2.75, 3.05) is 30.3 Å². The molecule has 0 saturated heterocycles. The van der Waals surface area contributed by atoms with Gasteiger partial charge in [0.2, 0.25) is 0 Å². The first-order chi connectivity index (χ1) is 15.3. The van der Waals surface area contributed by atoms with Crippen LogP contribution in [0.4, 0.5) is 11.4 Å². The molecule has 32 heavy (non-hydrogen) atoms. The molecule has 0 radical (unpaired) electrons. The number of hydrogen-bond donors (Lipinski definition) is 2. The van der Waals surface area contributed by atoms with Crippen molar-refractivity contribution in [3.63, 3.8) is 0 Å². The fourth-order valence-corrected chi connectivity index (χ4v) is 4.10. The topological polar surface area (TPSA) is 105 Å². The number of carbonyl (C=O) groups excluding carboxylic acids is 2. The van der Waals surface area contributed by atoms with Crippen molar-refractivity contribution in [1.82, 2.24) is 5.32 Å². The molecule has 2 amide bonds. The molecular weight excluding hydrogens is 430 g/mol. The van der Waals surface area contributed by atoms with E-state index in [1.807, 2.05) is 0 Å². The molecule has 0 heterocycles. The minimum absolute atomic E-state index is 0.0485. The molecule has 0 aromatic heterocycles. The van der Waals surface area contributed by atoms with E-state index in [2.05, 4.69) is 10.6 Å². The van der Waals surface area contributed by atoms with Crippen LogP contribution in [0.1, 0.15) is 10.4 Å². The van der Waals surface area contributed by atoms with E-state index in [4.69, 9.17) is 4.74 Å². The molecule has 0 saturated carbocycles. The van der Waals surface area contributed by atoms with Crippen molar-refractivity contribution in [3.8, 4) is 5.75 Å².